The third kappa shape index (κ3) is 4.58. The molecule has 2 aliphatic rings. The minimum absolute atomic E-state index is 0.222. The van der Waals surface area contributed by atoms with E-state index in [2.05, 4.69) is 33.4 Å². The lowest BCUT2D eigenvalue weighted by Gasteiger charge is -2.35. The molecular formula is C19H27FN4O. The van der Waals surface area contributed by atoms with Crippen LogP contribution >= 0.6 is 0 Å². The van der Waals surface area contributed by atoms with Crippen molar-refractivity contribution in [1.29, 1.82) is 0 Å². The Morgan fingerprint density at radius 2 is 2.08 bits per heavy atom. The smallest absolute Gasteiger partial charge is 0.251 e. The van der Waals surface area contributed by atoms with Gasteiger partial charge in [-0.3, -0.25) is 4.79 Å². The van der Waals surface area contributed by atoms with E-state index in [1.54, 1.807) is 12.1 Å². The second-order valence-corrected chi connectivity index (χ2v) is 6.59. The molecule has 0 bridgehead atoms. The van der Waals surface area contributed by atoms with Gasteiger partial charge in [-0.15, -0.1) is 0 Å². The van der Waals surface area contributed by atoms with Gasteiger partial charge in [-0.25, -0.2) is 4.39 Å². The van der Waals surface area contributed by atoms with Gasteiger partial charge in [0.05, 0.1) is 5.69 Å². The van der Waals surface area contributed by atoms with Crippen LogP contribution in [0.5, 0.6) is 0 Å². The highest BCUT2D eigenvalue weighted by Crippen LogP contribution is 2.22. The molecule has 6 heteroatoms. The fourth-order valence-corrected chi connectivity index (χ4v) is 3.34. The number of halogens is 1. The number of amides is 1. The Kier molecular flexibility index (Phi) is 6.04. The van der Waals surface area contributed by atoms with Crippen LogP contribution in [-0.4, -0.2) is 63.2 Å². The zero-order chi connectivity index (χ0) is 17.6. The van der Waals surface area contributed by atoms with Crippen molar-refractivity contribution in [2.24, 2.45) is 0 Å². The van der Waals surface area contributed by atoms with Crippen LogP contribution in [0.15, 0.2) is 29.8 Å². The molecule has 0 aliphatic carbocycles. The molecule has 2 N–H and O–H groups in total. The molecule has 1 aromatic rings. The average molecular weight is 346 g/mol. The van der Waals surface area contributed by atoms with Crippen LogP contribution in [-0.2, 0) is 0 Å². The van der Waals surface area contributed by atoms with Crippen LogP contribution in [0, 0.1) is 5.82 Å². The zero-order valence-electron chi connectivity index (χ0n) is 14.9. The normalized spacial score (nSPS) is 18.8. The van der Waals surface area contributed by atoms with Crippen molar-refractivity contribution in [2.45, 2.75) is 13.3 Å². The number of hydrogen-bond acceptors (Lipinski definition) is 4. The number of rotatable bonds is 5. The van der Waals surface area contributed by atoms with Crippen molar-refractivity contribution in [3.8, 4) is 0 Å². The van der Waals surface area contributed by atoms with E-state index >= 15 is 0 Å². The van der Waals surface area contributed by atoms with Gasteiger partial charge in [0.1, 0.15) is 5.82 Å². The summed E-state index contributed by atoms with van der Waals surface area (Å²) < 4.78 is 14.5. The third-order valence-electron chi connectivity index (χ3n) is 5.00. The third-order valence-corrected chi connectivity index (χ3v) is 5.00. The standard InChI is InChI=1S/C19H27FN4O/c1-2-23-9-11-24(12-10-23)18-4-3-16(13-17(18)20)19(25)22-14-15-5-7-21-8-6-15/h3-5,13,21H,2,6-12,14H2,1H3,(H,22,25). The van der Waals surface area contributed by atoms with Gasteiger partial charge in [0.15, 0.2) is 0 Å². The number of nitrogens with zero attached hydrogens (tertiary/aromatic N) is 2. The lowest BCUT2D eigenvalue weighted by atomic mass is 10.1. The second-order valence-electron chi connectivity index (χ2n) is 6.59. The van der Waals surface area contributed by atoms with Crippen molar-refractivity contribution in [1.82, 2.24) is 15.5 Å². The molecule has 0 unspecified atom stereocenters. The summed E-state index contributed by atoms with van der Waals surface area (Å²) in [6, 6.07) is 4.81. The molecule has 25 heavy (non-hydrogen) atoms. The van der Waals surface area contributed by atoms with E-state index in [0.717, 1.165) is 52.2 Å². The highest BCUT2D eigenvalue weighted by molar-refractivity contribution is 5.94. The summed E-state index contributed by atoms with van der Waals surface area (Å²) in [5.74, 6) is -0.542. The minimum Gasteiger partial charge on any atom is -0.367 e. The largest absolute Gasteiger partial charge is 0.367 e. The predicted molar refractivity (Wildman–Crippen MR) is 98.6 cm³/mol. The monoisotopic (exact) mass is 346 g/mol. The first-order chi connectivity index (χ1) is 12.2. The van der Waals surface area contributed by atoms with Crippen LogP contribution in [0.2, 0.25) is 0 Å². The molecule has 0 spiro atoms. The molecule has 2 aliphatic heterocycles. The van der Waals surface area contributed by atoms with Crippen molar-refractivity contribution >= 4 is 11.6 Å². The summed E-state index contributed by atoms with van der Waals surface area (Å²) >= 11 is 0. The van der Waals surface area contributed by atoms with E-state index in [0.29, 0.717) is 17.8 Å². The SMILES string of the molecule is CCN1CCN(c2ccc(C(=O)NCC3=CCNCC3)cc2F)CC1. The van der Waals surface area contributed by atoms with Gasteiger partial charge in [-0.2, -0.15) is 0 Å². The van der Waals surface area contributed by atoms with Gasteiger partial charge in [0, 0.05) is 44.8 Å². The van der Waals surface area contributed by atoms with Gasteiger partial charge in [0.25, 0.3) is 5.91 Å². The minimum atomic E-state index is -0.321. The maximum Gasteiger partial charge on any atom is 0.251 e. The fraction of sp³-hybridized carbons (Fsp3) is 0.526. The molecular weight excluding hydrogens is 319 g/mol. The van der Waals surface area contributed by atoms with Crippen LogP contribution in [0.25, 0.3) is 0 Å². The van der Waals surface area contributed by atoms with Crippen LogP contribution in [0.3, 0.4) is 0 Å². The van der Waals surface area contributed by atoms with Gasteiger partial charge in [-0.05, 0) is 37.7 Å². The fourth-order valence-electron chi connectivity index (χ4n) is 3.34. The second kappa shape index (κ2) is 8.45. The average Bonchev–Trinajstić information content (AvgIpc) is 2.67. The predicted octanol–water partition coefficient (Wildman–Crippen LogP) is 1.62. The zero-order valence-corrected chi connectivity index (χ0v) is 14.9. The van der Waals surface area contributed by atoms with Crippen molar-refractivity contribution in [3.63, 3.8) is 0 Å². The Morgan fingerprint density at radius 3 is 2.72 bits per heavy atom. The first-order valence-corrected chi connectivity index (χ1v) is 9.11. The molecule has 1 saturated heterocycles. The number of nitrogens with one attached hydrogen (secondary N) is 2. The Bertz CT molecular complexity index is 638. The topological polar surface area (TPSA) is 47.6 Å². The first kappa shape index (κ1) is 17.9. The van der Waals surface area contributed by atoms with Gasteiger partial charge in [0.2, 0.25) is 0 Å². The van der Waals surface area contributed by atoms with Crippen LogP contribution in [0.4, 0.5) is 10.1 Å². The van der Waals surface area contributed by atoms with E-state index < -0.39 is 0 Å². The van der Waals surface area contributed by atoms with Crippen molar-refractivity contribution in [2.75, 3.05) is 57.3 Å². The molecule has 1 aromatic carbocycles. The van der Waals surface area contributed by atoms with E-state index in [1.807, 2.05) is 0 Å². The molecule has 2 heterocycles. The molecule has 1 amide bonds. The number of benzene rings is 1. The van der Waals surface area contributed by atoms with E-state index in [1.165, 1.54) is 11.6 Å². The van der Waals surface area contributed by atoms with Gasteiger partial charge >= 0.3 is 0 Å². The number of likely N-dealkylation sites (N-methyl/N-ethyl adjacent to an activating group) is 1. The highest BCUT2D eigenvalue weighted by Gasteiger charge is 2.19. The summed E-state index contributed by atoms with van der Waals surface area (Å²) in [5.41, 5.74) is 2.19. The van der Waals surface area contributed by atoms with Crippen molar-refractivity contribution in [3.05, 3.63) is 41.2 Å². The number of carbonyl (C=O) groups excluding carboxylic acids is 1. The van der Waals surface area contributed by atoms with Gasteiger partial charge < -0.3 is 20.4 Å². The van der Waals surface area contributed by atoms with E-state index in [9.17, 15) is 9.18 Å². The highest BCUT2D eigenvalue weighted by atomic mass is 19.1. The Labute approximate surface area is 148 Å². The maximum atomic E-state index is 14.5. The summed E-state index contributed by atoms with van der Waals surface area (Å²) in [5, 5.41) is 6.13. The Hall–Kier alpha value is -1.92. The maximum absolute atomic E-state index is 14.5. The summed E-state index contributed by atoms with van der Waals surface area (Å²) in [6.45, 7) is 9.02. The number of anilines is 1. The number of carbonyl (C=O) groups is 1. The molecule has 0 atom stereocenters. The lowest BCUT2D eigenvalue weighted by Crippen LogP contribution is -2.46. The van der Waals surface area contributed by atoms with Gasteiger partial charge in [-0.1, -0.05) is 18.6 Å². The lowest BCUT2D eigenvalue weighted by molar-refractivity contribution is 0.0956. The number of piperazine rings is 1. The molecule has 5 nitrogen and oxygen atoms in total. The molecule has 0 aromatic heterocycles. The molecule has 1 fully saturated rings. The van der Waals surface area contributed by atoms with Crippen LogP contribution < -0.4 is 15.5 Å². The molecule has 3 rings (SSSR count). The Morgan fingerprint density at radius 1 is 1.28 bits per heavy atom. The number of hydrogen-bond donors (Lipinski definition) is 2. The first-order valence-electron chi connectivity index (χ1n) is 9.11. The van der Waals surface area contributed by atoms with E-state index in [4.69, 9.17) is 0 Å². The molecule has 0 radical (unpaired) electrons. The van der Waals surface area contributed by atoms with Crippen LogP contribution in [0.1, 0.15) is 23.7 Å². The molecule has 136 valence electrons. The summed E-state index contributed by atoms with van der Waals surface area (Å²) in [7, 11) is 0. The quantitative estimate of drug-likeness (QED) is 0.796. The van der Waals surface area contributed by atoms with Crippen molar-refractivity contribution < 1.29 is 9.18 Å². The summed E-state index contributed by atoms with van der Waals surface area (Å²) in [4.78, 5) is 16.7. The van der Waals surface area contributed by atoms with E-state index in [-0.39, 0.29) is 11.7 Å². The Balaban J connectivity index is 1.59. The molecule has 0 saturated carbocycles. The summed E-state index contributed by atoms with van der Waals surface area (Å²) in [6.07, 6.45) is 3.04.